The maximum Gasteiger partial charge on any atom is 0.407 e. The number of amides is 1. The summed E-state index contributed by atoms with van der Waals surface area (Å²) in [7, 11) is 0. The Morgan fingerprint density at radius 3 is 2.50 bits per heavy atom. The molecule has 0 radical (unpaired) electrons. The SMILES string of the molecule is CC(C)(C)OC(=O)NCCC(CO)Cc1ccccc1. The minimum Gasteiger partial charge on any atom is -0.444 e. The Bertz CT molecular complexity index is 398. The molecule has 0 saturated heterocycles. The second-order valence-electron chi connectivity index (χ2n) is 5.96. The van der Waals surface area contributed by atoms with Gasteiger partial charge in [-0.3, -0.25) is 0 Å². The lowest BCUT2D eigenvalue weighted by Gasteiger charge is -2.20. The summed E-state index contributed by atoms with van der Waals surface area (Å²) in [5, 5.41) is 12.1. The summed E-state index contributed by atoms with van der Waals surface area (Å²) in [5.74, 6) is 0.146. The standard InChI is InChI=1S/C16H25NO3/c1-16(2,3)20-15(19)17-10-9-14(12-18)11-13-7-5-4-6-8-13/h4-8,14,18H,9-12H2,1-3H3,(H,17,19). The lowest BCUT2D eigenvalue weighted by molar-refractivity contribution is 0.0522. The molecule has 4 nitrogen and oxygen atoms in total. The van der Waals surface area contributed by atoms with Crippen LogP contribution in [0.4, 0.5) is 4.79 Å². The van der Waals surface area contributed by atoms with Gasteiger partial charge in [0.15, 0.2) is 0 Å². The van der Waals surface area contributed by atoms with Crippen LogP contribution in [0.3, 0.4) is 0 Å². The van der Waals surface area contributed by atoms with Gasteiger partial charge in [-0.1, -0.05) is 30.3 Å². The highest BCUT2D eigenvalue weighted by atomic mass is 16.6. The van der Waals surface area contributed by atoms with Gasteiger partial charge in [-0.2, -0.15) is 0 Å². The van der Waals surface area contributed by atoms with Gasteiger partial charge in [0, 0.05) is 13.2 Å². The van der Waals surface area contributed by atoms with Gasteiger partial charge in [0.05, 0.1) is 0 Å². The number of benzene rings is 1. The van der Waals surface area contributed by atoms with Gasteiger partial charge in [0.2, 0.25) is 0 Å². The highest BCUT2D eigenvalue weighted by molar-refractivity contribution is 5.67. The van der Waals surface area contributed by atoms with E-state index in [-0.39, 0.29) is 12.5 Å². The Balaban J connectivity index is 2.30. The second kappa shape index (κ2) is 7.90. The van der Waals surface area contributed by atoms with Gasteiger partial charge in [-0.25, -0.2) is 4.79 Å². The maximum atomic E-state index is 11.5. The molecule has 0 saturated carbocycles. The first-order valence-corrected chi connectivity index (χ1v) is 7.02. The van der Waals surface area contributed by atoms with Gasteiger partial charge in [-0.15, -0.1) is 0 Å². The largest absolute Gasteiger partial charge is 0.444 e. The Morgan fingerprint density at radius 1 is 1.30 bits per heavy atom. The first kappa shape index (κ1) is 16.5. The average Bonchev–Trinajstić information content (AvgIpc) is 2.36. The molecular weight excluding hydrogens is 254 g/mol. The molecule has 20 heavy (non-hydrogen) atoms. The zero-order valence-electron chi connectivity index (χ0n) is 12.6. The minimum absolute atomic E-state index is 0.116. The van der Waals surface area contributed by atoms with Crippen LogP contribution >= 0.6 is 0 Å². The Kier molecular flexibility index (Phi) is 6.52. The fourth-order valence-corrected chi connectivity index (χ4v) is 1.90. The van der Waals surface area contributed by atoms with E-state index < -0.39 is 11.7 Å². The van der Waals surface area contributed by atoms with Crippen LogP contribution in [-0.4, -0.2) is 30.0 Å². The van der Waals surface area contributed by atoms with E-state index in [1.807, 2.05) is 51.1 Å². The smallest absolute Gasteiger partial charge is 0.407 e. The zero-order valence-corrected chi connectivity index (χ0v) is 12.6. The third kappa shape index (κ3) is 7.14. The number of nitrogens with one attached hydrogen (secondary N) is 1. The molecule has 0 bridgehead atoms. The Labute approximate surface area is 121 Å². The van der Waals surface area contributed by atoms with E-state index in [4.69, 9.17) is 4.74 Å². The van der Waals surface area contributed by atoms with E-state index >= 15 is 0 Å². The second-order valence-corrected chi connectivity index (χ2v) is 5.96. The number of alkyl carbamates (subject to hydrolysis) is 1. The van der Waals surface area contributed by atoms with Crippen molar-refractivity contribution in [3.63, 3.8) is 0 Å². The first-order valence-electron chi connectivity index (χ1n) is 7.02. The van der Waals surface area contributed by atoms with Crippen molar-refractivity contribution in [2.45, 2.75) is 39.2 Å². The predicted molar refractivity (Wildman–Crippen MR) is 79.6 cm³/mol. The van der Waals surface area contributed by atoms with Crippen molar-refractivity contribution in [2.24, 2.45) is 5.92 Å². The van der Waals surface area contributed by atoms with Crippen LogP contribution in [0.2, 0.25) is 0 Å². The molecular formula is C16H25NO3. The minimum atomic E-state index is -0.482. The number of ether oxygens (including phenoxy) is 1. The summed E-state index contributed by atoms with van der Waals surface area (Å²) in [6.07, 6.45) is 1.13. The van der Waals surface area contributed by atoms with Crippen LogP contribution in [0.25, 0.3) is 0 Å². The summed E-state index contributed by atoms with van der Waals surface area (Å²) in [4.78, 5) is 11.5. The molecule has 0 aliphatic rings. The monoisotopic (exact) mass is 279 g/mol. The highest BCUT2D eigenvalue weighted by Gasteiger charge is 2.16. The molecule has 2 N–H and O–H groups in total. The highest BCUT2D eigenvalue weighted by Crippen LogP contribution is 2.11. The summed E-state index contributed by atoms with van der Waals surface area (Å²) in [5.41, 5.74) is 0.716. The number of hydrogen-bond acceptors (Lipinski definition) is 3. The van der Waals surface area contributed by atoms with Crippen LogP contribution < -0.4 is 5.32 Å². The van der Waals surface area contributed by atoms with Crippen molar-refractivity contribution in [3.05, 3.63) is 35.9 Å². The molecule has 0 aliphatic heterocycles. The quantitative estimate of drug-likeness (QED) is 0.842. The fourth-order valence-electron chi connectivity index (χ4n) is 1.90. The molecule has 1 unspecified atom stereocenters. The van der Waals surface area contributed by atoms with Crippen LogP contribution in [-0.2, 0) is 11.2 Å². The van der Waals surface area contributed by atoms with E-state index in [9.17, 15) is 9.90 Å². The van der Waals surface area contributed by atoms with Crippen molar-refractivity contribution >= 4 is 6.09 Å². The molecule has 1 amide bonds. The third-order valence-corrected chi connectivity index (χ3v) is 2.85. The van der Waals surface area contributed by atoms with Gasteiger partial charge in [0.1, 0.15) is 5.60 Å². The van der Waals surface area contributed by atoms with Crippen LogP contribution in [0.1, 0.15) is 32.8 Å². The number of rotatable bonds is 6. The van der Waals surface area contributed by atoms with Gasteiger partial charge >= 0.3 is 6.09 Å². The molecule has 0 aromatic heterocycles. The molecule has 0 aliphatic carbocycles. The maximum absolute atomic E-state index is 11.5. The van der Waals surface area contributed by atoms with Crippen molar-refractivity contribution in [2.75, 3.05) is 13.2 Å². The fraction of sp³-hybridized carbons (Fsp3) is 0.562. The number of carbonyl (C=O) groups excluding carboxylic acids is 1. The molecule has 1 atom stereocenters. The van der Waals surface area contributed by atoms with E-state index in [0.717, 1.165) is 12.8 Å². The van der Waals surface area contributed by atoms with Crippen LogP contribution in [0, 0.1) is 5.92 Å². The molecule has 112 valence electrons. The van der Waals surface area contributed by atoms with E-state index in [1.54, 1.807) is 0 Å². The zero-order chi connectivity index (χ0) is 15.0. The van der Waals surface area contributed by atoms with Crippen molar-refractivity contribution in [1.82, 2.24) is 5.32 Å². The number of carbonyl (C=O) groups is 1. The molecule has 1 aromatic rings. The number of aliphatic hydroxyl groups is 1. The molecule has 4 heteroatoms. The Hall–Kier alpha value is -1.55. The summed E-state index contributed by atoms with van der Waals surface area (Å²) in [6, 6.07) is 10.0. The molecule has 0 heterocycles. The van der Waals surface area contributed by atoms with Crippen LogP contribution in [0.5, 0.6) is 0 Å². The van der Waals surface area contributed by atoms with Gasteiger partial charge in [0.25, 0.3) is 0 Å². The molecule has 1 rings (SSSR count). The summed E-state index contributed by atoms with van der Waals surface area (Å²) >= 11 is 0. The predicted octanol–water partition coefficient (Wildman–Crippen LogP) is 2.75. The molecule has 1 aromatic carbocycles. The lowest BCUT2D eigenvalue weighted by atomic mass is 9.97. The van der Waals surface area contributed by atoms with E-state index in [1.165, 1.54) is 5.56 Å². The van der Waals surface area contributed by atoms with E-state index in [2.05, 4.69) is 5.32 Å². The van der Waals surface area contributed by atoms with Crippen molar-refractivity contribution in [1.29, 1.82) is 0 Å². The third-order valence-electron chi connectivity index (χ3n) is 2.85. The van der Waals surface area contributed by atoms with Gasteiger partial charge in [-0.05, 0) is 45.1 Å². The van der Waals surface area contributed by atoms with Crippen molar-refractivity contribution in [3.8, 4) is 0 Å². The topological polar surface area (TPSA) is 58.6 Å². The van der Waals surface area contributed by atoms with E-state index in [0.29, 0.717) is 6.54 Å². The average molecular weight is 279 g/mol. The first-order chi connectivity index (χ1) is 9.40. The van der Waals surface area contributed by atoms with Gasteiger partial charge < -0.3 is 15.2 Å². The Morgan fingerprint density at radius 2 is 1.95 bits per heavy atom. The molecule has 0 spiro atoms. The number of aliphatic hydroxyl groups excluding tert-OH is 1. The lowest BCUT2D eigenvalue weighted by Crippen LogP contribution is -2.33. The normalized spacial score (nSPS) is 12.8. The van der Waals surface area contributed by atoms with Crippen LogP contribution in [0.15, 0.2) is 30.3 Å². The number of hydrogen-bond donors (Lipinski definition) is 2. The summed E-state index contributed by atoms with van der Waals surface area (Å²) in [6.45, 7) is 6.12. The summed E-state index contributed by atoms with van der Waals surface area (Å²) < 4.78 is 5.16. The van der Waals surface area contributed by atoms with Crippen molar-refractivity contribution < 1.29 is 14.6 Å². The molecule has 0 fully saturated rings.